The van der Waals surface area contributed by atoms with Crippen LogP contribution in [0, 0.1) is 5.41 Å². The lowest BCUT2D eigenvalue weighted by atomic mass is 9.54. The van der Waals surface area contributed by atoms with Gasteiger partial charge in [-0.15, -0.1) is 0 Å². The number of allylic oxidation sites excluding steroid dienone is 3. The Bertz CT molecular complexity index is 767. The zero-order valence-corrected chi connectivity index (χ0v) is 15.2. The molecular formula is C19H24F4N4. The quantitative estimate of drug-likeness (QED) is 0.577. The summed E-state index contributed by atoms with van der Waals surface area (Å²) in [5.41, 5.74) is 10.1. The summed E-state index contributed by atoms with van der Waals surface area (Å²) in [4.78, 5) is 3.04. The SMILES string of the molecule is C=C(/C=C(\N)N1CC2(CCC2(C)F)C1)N1C=C(C(F)(F)F)C=C(CN)C1=C. The van der Waals surface area contributed by atoms with Crippen LogP contribution in [-0.2, 0) is 0 Å². The van der Waals surface area contributed by atoms with Crippen LogP contribution in [0.3, 0.4) is 0 Å². The van der Waals surface area contributed by atoms with E-state index in [0.29, 0.717) is 31.0 Å². The van der Waals surface area contributed by atoms with Crippen LogP contribution < -0.4 is 11.5 Å². The summed E-state index contributed by atoms with van der Waals surface area (Å²) >= 11 is 0. The molecule has 0 aromatic heterocycles. The second kappa shape index (κ2) is 6.15. The minimum Gasteiger partial charge on any atom is -0.385 e. The van der Waals surface area contributed by atoms with Gasteiger partial charge in [0.1, 0.15) is 11.5 Å². The molecule has 27 heavy (non-hydrogen) atoms. The van der Waals surface area contributed by atoms with Crippen molar-refractivity contribution in [2.75, 3.05) is 19.6 Å². The summed E-state index contributed by atoms with van der Waals surface area (Å²) in [5.74, 6) is 0.340. The molecule has 1 atom stereocenters. The van der Waals surface area contributed by atoms with Crippen LogP contribution in [0.2, 0.25) is 0 Å². The fourth-order valence-corrected chi connectivity index (χ4v) is 3.78. The third kappa shape index (κ3) is 3.16. The molecule has 0 aromatic rings. The molecule has 1 saturated heterocycles. The lowest BCUT2D eigenvalue weighted by Gasteiger charge is -2.63. The molecule has 3 rings (SSSR count). The Morgan fingerprint density at radius 1 is 1.33 bits per heavy atom. The number of halogens is 4. The molecule has 1 spiro atoms. The normalized spacial score (nSPS) is 27.8. The highest BCUT2D eigenvalue weighted by molar-refractivity contribution is 5.46. The van der Waals surface area contributed by atoms with Gasteiger partial charge >= 0.3 is 6.18 Å². The smallest absolute Gasteiger partial charge is 0.385 e. The van der Waals surface area contributed by atoms with E-state index in [9.17, 15) is 17.6 Å². The molecule has 0 radical (unpaired) electrons. The standard InChI is InChI=1S/C19H24F4N4/c1-12(6-16(25)26-10-18(11-26)5-4-17(18,3)20)27-9-15(19(21,22)23)7-14(8-24)13(27)2/h6-7,9H,1-2,4-5,8,10-11,24-25H2,3H3/b16-6+. The molecule has 2 aliphatic heterocycles. The highest BCUT2D eigenvalue weighted by Crippen LogP contribution is 2.58. The van der Waals surface area contributed by atoms with Gasteiger partial charge in [-0.05, 0) is 31.4 Å². The molecule has 8 heteroatoms. The van der Waals surface area contributed by atoms with Crippen molar-refractivity contribution in [3.05, 3.63) is 59.9 Å². The number of hydrogen-bond donors (Lipinski definition) is 2. The first-order chi connectivity index (χ1) is 12.4. The summed E-state index contributed by atoms with van der Waals surface area (Å²) in [6.07, 6.45) is 0.234. The van der Waals surface area contributed by atoms with Crippen molar-refractivity contribution in [2.24, 2.45) is 16.9 Å². The Morgan fingerprint density at radius 3 is 2.41 bits per heavy atom. The molecule has 2 heterocycles. The molecule has 1 unspecified atom stereocenters. The van der Waals surface area contributed by atoms with Gasteiger partial charge in [-0.2, -0.15) is 13.2 Å². The average Bonchev–Trinajstić information content (AvgIpc) is 2.51. The van der Waals surface area contributed by atoms with Crippen LogP contribution >= 0.6 is 0 Å². The summed E-state index contributed by atoms with van der Waals surface area (Å²) in [6, 6.07) is 0. The van der Waals surface area contributed by atoms with Gasteiger partial charge < -0.3 is 21.3 Å². The maximum absolute atomic E-state index is 14.3. The van der Waals surface area contributed by atoms with Crippen molar-refractivity contribution < 1.29 is 17.6 Å². The molecule has 3 aliphatic rings. The van der Waals surface area contributed by atoms with E-state index < -0.39 is 17.4 Å². The van der Waals surface area contributed by atoms with E-state index in [0.717, 1.165) is 18.7 Å². The predicted octanol–water partition coefficient (Wildman–Crippen LogP) is 3.28. The third-order valence-electron chi connectivity index (χ3n) is 5.96. The first-order valence-electron chi connectivity index (χ1n) is 8.68. The van der Waals surface area contributed by atoms with Crippen LogP contribution in [-0.4, -0.2) is 41.3 Å². The van der Waals surface area contributed by atoms with E-state index in [1.165, 1.54) is 11.0 Å². The zero-order valence-electron chi connectivity index (χ0n) is 15.2. The highest BCUT2D eigenvalue weighted by atomic mass is 19.4. The molecule has 1 saturated carbocycles. The van der Waals surface area contributed by atoms with Gasteiger partial charge in [0.2, 0.25) is 0 Å². The van der Waals surface area contributed by atoms with E-state index in [1.807, 2.05) is 4.90 Å². The number of hydrogen-bond acceptors (Lipinski definition) is 4. The van der Waals surface area contributed by atoms with Gasteiger partial charge in [0, 0.05) is 48.7 Å². The zero-order chi connectivity index (χ0) is 20.2. The largest absolute Gasteiger partial charge is 0.417 e. The van der Waals surface area contributed by atoms with Crippen LogP contribution in [0.4, 0.5) is 17.6 Å². The summed E-state index contributed by atoms with van der Waals surface area (Å²) < 4.78 is 53.8. The highest BCUT2D eigenvalue weighted by Gasteiger charge is 2.63. The Morgan fingerprint density at radius 2 is 1.96 bits per heavy atom. The first-order valence-corrected chi connectivity index (χ1v) is 8.68. The summed E-state index contributed by atoms with van der Waals surface area (Å²) in [6.45, 7) is 10.1. The maximum Gasteiger partial charge on any atom is 0.417 e. The topological polar surface area (TPSA) is 58.5 Å². The Balaban J connectivity index is 1.75. The van der Waals surface area contributed by atoms with Crippen LogP contribution in [0.5, 0.6) is 0 Å². The second-order valence-corrected chi connectivity index (χ2v) is 7.67. The van der Waals surface area contributed by atoms with Crippen molar-refractivity contribution >= 4 is 0 Å². The van der Waals surface area contributed by atoms with Crippen molar-refractivity contribution in [1.29, 1.82) is 0 Å². The number of alkyl halides is 4. The van der Waals surface area contributed by atoms with Crippen molar-refractivity contribution in [3.8, 4) is 0 Å². The molecule has 0 amide bonds. The van der Waals surface area contributed by atoms with Crippen LogP contribution in [0.1, 0.15) is 19.8 Å². The summed E-state index contributed by atoms with van der Waals surface area (Å²) in [7, 11) is 0. The molecule has 148 valence electrons. The van der Waals surface area contributed by atoms with Gasteiger partial charge in [0.05, 0.1) is 5.57 Å². The number of rotatable bonds is 4. The van der Waals surface area contributed by atoms with Crippen LogP contribution in [0.25, 0.3) is 0 Å². The van der Waals surface area contributed by atoms with E-state index >= 15 is 0 Å². The molecular weight excluding hydrogens is 360 g/mol. The predicted molar refractivity (Wildman–Crippen MR) is 96.4 cm³/mol. The van der Waals surface area contributed by atoms with E-state index in [1.54, 1.807) is 6.92 Å². The van der Waals surface area contributed by atoms with E-state index in [2.05, 4.69) is 13.2 Å². The second-order valence-electron chi connectivity index (χ2n) is 7.67. The monoisotopic (exact) mass is 384 g/mol. The Hall–Kier alpha value is -2.22. The molecule has 4 N–H and O–H groups in total. The first kappa shape index (κ1) is 19.5. The molecule has 2 fully saturated rings. The van der Waals surface area contributed by atoms with E-state index in [-0.39, 0.29) is 23.2 Å². The fourth-order valence-electron chi connectivity index (χ4n) is 3.78. The van der Waals surface area contributed by atoms with Crippen molar-refractivity contribution in [3.63, 3.8) is 0 Å². The lowest BCUT2D eigenvalue weighted by molar-refractivity contribution is -0.172. The minimum atomic E-state index is -4.52. The Labute approximate surface area is 156 Å². The fraction of sp³-hybridized carbons (Fsp3) is 0.474. The van der Waals surface area contributed by atoms with Crippen molar-refractivity contribution in [2.45, 2.75) is 31.6 Å². The van der Waals surface area contributed by atoms with E-state index in [4.69, 9.17) is 11.5 Å². The summed E-state index contributed by atoms with van der Waals surface area (Å²) in [5, 5.41) is 0. The molecule has 0 aromatic carbocycles. The maximum atomic E-state index is 14.3. The lowest BCUT2D eigenvalue weighted by Crippen LogP contribution is -2.70. The van der Waals surface area contributed by atoms with Crippen molar-refractivity contribution in [1.82, 2.24) is 9.80 Å². The van der Waals surface area contributed by atoms with Crippen LogP contribution in [0.15, 0.2) is 59.9 Å². The number of nitrogens with zero attached hydrogens (tertiary/aromatic N) is 2. The van der Waals surface area contributed by atoms with Gasteiger partial charge in [-0.3, -0.25) is 0 Å². The average molecular weight is 384 g/mol. The number of likely N-dealkylation sites (tertiary alicyclic amines) is 1. The minimum absolute atomic E-state index is 0.0844. The molecule has 4 nitrogen and oxygen atoms in total. The molecule has 0 bridgehead atoms. The third-order valence-corrected chi connectivity index (χ3v) is 5.96. The van der Waals surface area contributed by atoms with Gasteiger partial charge in [-0.1, -0.05) is 13.2 Å². The Kier molecular flexibility index (Phi) is 4.45. The van der Waals surface area contributed by atoms with Gasteiger partial charge in [-0.25, -0.2) is 4.39 Å². The molecule has 1 aliphatic carbocycles. The van der Waals surface area contributed by atoms with Gasteiger partial charge in [0.15, 0.2) is 0 Å². The van der Waals surface area contributed by atoms with Gasteiger partial charge in [0.25, 0.3) is 0 Å². The number of nitrogens with two attached hydrogens (primary N) is 2.